The largest absolute Gasteiger partial charge is 0.379 e. The number of halogens is 2. The van der Waals surface area contributed by atoms with Crippen molar-refractivity contribution < 1.29 is 9.13 Å². The number of guanidine groups is 1. The summed E-state index contributed by atoms with van der Waals surface area (Å²) >= 11 is 3.20. The molecule has 2 aliphatic rings. The monoisotopic (exact) mass is 398 g/mol. The van der Waals surface area contributed by atoms with Gasteiger partial charge in [0.05, 0.1) is 17.7 Å². The van der Waals surface area contributed by atoms with Crippen LogP contribution in [-0.2, 0) is 4.74 Å². The van der Waals surface area contributed by atoms with Crippen LogP contribution >= 0.6 is 15.9 Å². The van der Waals surface area contributed by atoms with Gasteiger partial charge < -0.3 is 15.4 Å². The maximum atomic E-state index is 13.6. The van der Waals surface area contributed by atoms with E-state index in [-0.39, 0.29) is 5.82 Å². The van der Waals surface area contributed by atoms with Gasteiger partial charge in [0, 0.05) is 45.2 Å². The van der Waals surface area contributed by atoms with Crippen LogP contribution in [0.4, 0.5) is 4.39 Å². The van der Waals surface area contributed by atoms with E-state index < -0.39 is 0 Å². The Morgan fingerprint density at radius 3 is 2.92 bits per heavy atom. The summed E-state index contributed by atoms with van der Waals surface area (Å²) in [7, 11) is 1.78. The van der Waals surface area contributed by atoms with Crippen LogP contribution < -0.4 is 10.6 Å². The summed E-state index contributed by atoms with van der Waals surface area (Å²) in [6.45, 7) is 5.46. The first-order valence-corrected chi connectivity index (χ1v) is 9.19. The van der Waals surface area contributed by atoms with Crippen LogP contribution in [0.2, 0.25) is 0 Å². The minimum absolute atomic E-state index is 0.203. The molecule has 0 bridgehead atoms. The lowest BCUT2D eigenvalue weighted by atomic mass is 10.1. The van der Waals surface area contributed by atoms with E-state index in [0.29, 0.717) is 16.4 Å². The van der Waals surface area contributed by atoms with Crippen LogP contribution in [0.25, 0.3) is 0 Å². The van der Waals surface area contributed by atoms with Crippen molar-refractivity contribution in [3.8, 4) is 0 Å². The van der Waals surface area contributed by atoms with Gasteiger partial charge in [-0.2, -0.15) is 0 Å². The van der Waals surface area contributed by atoms with Gasteiger partial charge in [-0.25, -0.2) is 4.39 Å². The zero-order valence-corrected chi connectivity index (χ0v) is 15.5. The van der Waals surface area contributed by atoms with Gasteiger partial charge in [0.1, 0.15) is 5.82 Å². The molecule has 2 fully saturated rings. The normalized spacial score (nSPS) is 24.7. The van der Waals surface area contributed by atoms with Crippen molar-refractivity contribution in [2.45, 2.75) is 18.4 Å². The molecule has 2 N–H and O–H groups in total. The number of aliphatic imine (C=N–C) groups is 1. The first-order valence-electron chi connectivity index (χ1n) is 8.39. The van der Waals surface area contributed by atoms with Crippen molar-refractivity contribution in [1.29, 1.82) is 0 Å². The zero-order chi connectivity index (χ0) is 16.9. The summed E-state index contributed by atoms with van der Waals surface area (Å²) in [6, 6.07) is 5.69. The lowest BCUT2D eigenvalue weighted by Gasteiger charge is -2.26. The fraction of sp³-hybridized carbons (Fsp3) is 0.588. The number of ether oxygens (including phenoxy) is 1. The average molecular weight is 399 g/mol. The van der Waals surface area contributed by atoms with Crippen LogP contribution in [-0.4, -0.2) is 63.3 Å². The van der Waals surface area contributed by atoms with Crippen LogP contribution in [0.1, 0.15) is 17.9 Å². The number of hydrogen-bond acceptors (Lipinski definition) is 3. The van der Waals surface area contributed by atoms with Crippen LogP contribution in [0.3, 0.4) is 0 Å². The van der Waals surface area contributed by atoms with Crippen LogP contribution in [0.5, 0.6) is 0 Å². The average Bonchev–Trinajstić information content (AvgIpc) is 3.36. The molecule has 2 atom stereocenters. The summed E-state index contributed by atoms with van der Waals surface area (Å²) in [5.41, 5.74) is 1.04. The Labute approximate surface area is 150 Å². The quantitative estimate of drug-likeness (QED) is 0.587. The second-order valence-electron chi connectivity index (χ2n) is 6.22. The van der Waals surface area contributed by atoms with E-state index >= 15 is 0 Å². The molecule has 1 aromatic rings. The smallest absolute Gasteiger partial charge is 0.191 e. The van der Waals surface area contributed by atoms with Crippen molar-refractivity contribution in [3.63, 3.8) is 0 Å². The molecule has 0 aromatic heterocycles. The van der Waals surface area contributed by atoms with Crippen LogP contribution in [0.15, 0.2) is 27.7 Å². The lowest BCUT2D eigenvalue weighted by Crippen LogP contribution is -2.45. The molecule has 0 unspecified atom stereocenters. The Balaban J connectivity index is 1.42. The van der Waals surface area contributed by atoms with Gasteiger partial charge >= 0.3 is 0 Å². The van der Waals surface area contributed by atoms with E-state index in [0.717, 1.165) is 57.3 Å². The van der Waals surface area contributed by atoms with E-state index in [2.05, 4.69) is 36.5 Å². The van der Waals surface area contributed by atoms with Gasteiger partial charge in [0.25, 0.3) is 0 Å². The molecule has 3 rings (SSSR count). The molecule has 1 aromatic carbocycles. The number of nitrogens with zero attached hydrogens (tertiary/aromatic N) is 2. The highest BCUT2D eigenvalue weighted by molar-refractivity contribution is 9.10. The Kier molecular flexibility index (Phi) is 6.08. The topological polar surface area (TPSA) is 48.9 Å². The van der Waals surface area contributed by atoms with Gasteiger partial charge in [-0.05, 0) is 40.0 Å². The molecule has 24 heavy (non-hydrogen) atoms. The first kappa shape index (κ1) is 17.6. The maximum Gasteiger partial charge on any atom is 0.191 e. The Bertz CT molecular complexity index is 592. The Morgan fingerprint density at radius 1 is 1.42 bits per heavy atom. The van der Waals surface area contributed by atoms with Gasteiger partial charge in [0.2, 0.25) is 0 Å². The van der Waals surface area contributed by atoms with E-state index in [9.17, 15) is 4.39 Å². The summed E-state index contributed by atoms with van der Waals surface area (Å²) in [6.07, 6.45) is 1.01. The second kappa shape index (κ2) is 8.27. The minimum Gasteiger partial charge on any atom is -0.379 e. The predicted octanol–water partition coefficient (Wildman–Crippen LogP) is 1.94. The summed E-state index contributed by atoms with van der Waals surface area (Å²) in [4.78, 5) is 6.66. The minimum atomic E-state index is -0.203. The Morgan fingerprint density at radius 2 is 2.21 bits per heavy atom. The maximum absolute atomic E-state index is 13.6. The van der Waals surface area contributed by atoms with Crippen molar-refractivity contribution in [2.75, 3.05) is 46.4 Å². The fourth-order valence-corrected chi connectivity index (χ4v) is 3.24. The summed E-state index contributed by atoms with van der Waals surface area (Å²) < 4.78 is 19.5. The highest BCUT2D eigenvalue weighted by Gasteiger charge is 2.39. The number of morpholine rings is 1. The van der Waals surface area contributed by atoms with Gasteiger partial charge in [-0.15, -0.1) is 0 Å². The summed E-state index contributed by atoms with van der Waals surface area (Å²) in [5, 5.41) is 6.78. The third-order valence-electron chi connectivity index (χ3n) is 4.53. The molecular formula is C17H24BrFN4O. The second-order valence-corrected chi connectivity index (χ2v) is 7.07. The standard InChI is InChI=1S/C17H24BrFN4O/c1-20-17(21-4-5-23-6-8-24-9-7-23)22-16-11-13(16)12-2-3-14(18)15(19)10-12/h2-3,10,13,16H,4-9,11H2,1H3,(H2,20,21,22)/t13-,16+/m0/s1. The van der Waals surface area contributed by atoms with Crippen molar-refractivity contribution in [1.82, 2.24) is 15.5 Å². The van der Waals surface area contributed by atoms with E-state index in [1.807, 2.05) is 6.07 Å². The highest BCUT2D eigenvalue weighted by Crippen LogP contribution is 2.41. The number of benzene rings is 1. The molecule has 0 radical (unpaired) electrons. The van der Waals surface area contributed by atoms with Crippen molar-refractivity contribution in [3.05, 3.63) is 34.1 Å². The number of nitrogens with one attached hydrogen (secondary N) is 2. The molecule has 1 saturated carbocycles. The third-order valence-corrected chi connectivity index (χ3v) is 5.18. The molecule has 1 aliphatic heterocycles. The van der Waals surface area contributed by atoms with E-state index in [1.54, 1.807) is 19.2 Å². The molecule has 1 saturated heterocycles. The fourth-order valence-electron chi connectivity index (χ4n) is 2.99. The third kappa shape index (κ3) is 4.68. The number of hydrogen-bond donors (Lipinski definition) is 2. The van der Waals surface area contributed by atoms with Crippen molar-refractivity contribution in [2.24, 2.45) is 4.99 Å². The van der Waals surface area contributed by atoms with Crippen molar-refractivity contribution >= 4 is 21.9 Å². The summed E-state index contributed by atoms with van der Waals surface area (Å²) in [5.74, 6) is 0.963. The molecular weight excluding hydrogens is 375 g/mol. The molecule has 1 aliphatic carbocycles. The molecule has 0 spiro atoms. The molecule has 0 amide bonds. The SMILES string of the molecule is CN=C(NCCN1CCOCC1)N[C@@H]1C[C@H]1c1ccc(Br)c(F)c1. The zero-order valence-electron chi connectivity index (χ0n) is 13.9. The molecule has 1 heterocycles. The Hall–Kier alpha value is -1.18. The van der Waals surface area contributed by atoms with Gasteiger partial charge in [0.15, 0.2) is 5.96 Å². The first-order chi connectivity index (χ1) is 11.7. The lowest BCUT2D eigenvalue weighted by molar-refractivity contribution is 0.0389. The van der Waals surface area contributed by atoms with Gasteiger partial charge in [-0.1, -0.05) is 6.07 Å². The van der Waals surface area contributed by atoms with E-state index in [1.165, 1.54) is 0 Å². The predicted molar refractivity (Wildman–Crippen MR) is 97.0 cm³/mol. The highest BCUT2D eigenvalue weighted by atomic mass is 79.9. The number of rotatable bonds is 5. The molecule has 5 nitrogen and oxygen atoms in total. The van der Waals surface area contributed by atoms with Crippen LogP contribution in [0, 0.1) is 5.82 Å². The molecule has 132 valence electrons. The molecule has 7 heteroatoms. The van der Waals surface area contributed by atoms with E-state index in [4.69, 9.17) is 4.74 Å². The van der Waals surface area contributed by atoms with Gasteiger partial charge in [-0.3, -0.25) is 9.89 Å².